The SMILES string of the molecule is SCCOc1ccc(C2(c3ccc(OCCS)c(C4CCCCC4)c3)c3ccccc3-c3ccccc32)cc1C1CCCCC1. The zero-order valence-corrected chi connectivity index (χ0v) is 28.1. The Morgan fingerprint density at radius 2 is 0.956 bits per heavy atom. The van der Waals surface area contributed by atoms with Gasteiger partial charge in [-0.05, 0) is 94.2 Å². The van der Waals surface area contributed by atoms with Crippen molar-refractivity contribution in [1.29, 1.82) is 0 Å². The van der Waals surface area contributed by atoms with E-state index in [1.165, 1.54) is 109 Å². The van der Waals surface area contributed by atoms with E-state index in [0.717, 1.165) is 11.5 Å². The van der Waals surface area contributed by atoms with Gasteiger partial charge in [-0.15, -0.1) is 0 Å². The molecule has 0 saturated heterocycles. The summed E-state index contributed by atoms with van der Waals surface area (Å²) >= 11 is 8.94. The molecule has 2 saturated carbocycles. The van der Waals surface area contributed by atoms with Crippen LogP contribution < -0.4 is 9.47 Å². The second kappa shape index (κ2) is 13.9. The molecule has 0 atom stereocenters. The molecule has 0 unspecified atom stereocenters. The molecular weight excluding hydrogens is 589 g/mol. The van der Waals surface area contributed by atoms with E-state index < -0.39 is 5.41 Å². The molecule has 0 aliphatic heterocycles. The lowest BCUT2D eigenvalue weighted by Gasteiger charge is -2.36. The Bertz CT molecular complexity index is 1490. The van der Waals surface area contributed by atoms with Gasteiger partial charge >= 0.3 is 0 Å². The highest BCUT2D eigenvalue weighted by Crippen LogP contribution is 2.57. The van der Waals surface area contributed by atoms with Crippen LogP contribution in [0.2, 0.25) is 0 Å². The van der Waals surface area contributed by atoms with Crippen LogP contribution in [-0.4, -0.2) is 24.7 Å². The summed E-state index contributed by atoms with van der Waals surface area (Å²) in [6, 6.07) is 32.5. The van der Waals surface area contributed by atoms with Crippen LogP contribution in [0, 0.1) is 0 Å². The van der Waals surface area contributed by atoms with E-state index in [9.17, 15) is 0 Å². The minimum atomic E-state index is -0.440. The summed E-state index contributed by atoms with van der Waals surface area (Å²) in [6.07, 6.45) is 12.7. The zero-order chi connectivity index (χ0) is 30.6. The molecule has 0 radical (unpaired) electrons. The van der Waals surface area contributed by atoms with Gasteiger partial charge in [0.05, 0.1) is 18.6 Å². The summed E-state index contributed by atoms with van der Waals surface area (Å²) in [4.78, 5) is 0. The van der Waals surface area contributed by atoms with Crippen molar-refractivity contribution in [3.05, 3.63) is 118 Å². The minimum Gasteiger partial charge on any atom is -0.492 e. The summed E-state index contributed by atoms with van der Waals surface area (Å²) in [5, 5.41) is 0. The van der Waals surface area contributed by atoms with Gasteiger partial charge in [0.15, 0.2) is 0 Å². The van der Waals surface area contributed by atoms with E-state index in [-0.39, 0.29) is 0 Å². The monoisotopic (exact) mass is 634 g/mol. The first-order valence-corrected chi connectivity index (χ1v) is 18.5. The van der Waals surface area contributed by atoms with Crippen molar-refractivity contribution >= 4 is 25.3 Å². The van der Waals surface area contributed by atoms with E-state index in [0.29, 0.717) is 36.6 Å². The van der Waals surface area contributed by atoms with E-state index >= 15 is 0 Å². The highest BCUT2D eigenvalue weighted by atomic mass is 32.1. The number of thiol groups is 2. The van der Waals surface area contributed by atoms with Crippen LogP contribution in [0.1, 0.15) is 109 Å². The van der Waals surface area contributed by atoms with Crippen LogP contribution in [-0.2, 0) is 5.41 Å². The Balaban J connectivity index is 1.49. The fourth-order valence-electron chi connectivity index (χ4n) is 8.63. The van der Waals surface area contributed by atoms with Crippen molar-refractivity contribution in [2.45, 2.75) is 81.5 Å². The van der Waals surface area contributed by atoms with Gasteiger partial charge in [-0.25, -0.2) is 0 Å². The molecule has 45 heavy (non-hydrogen) atoms. The zero-order valence-electron chi connectivity index (χ0n) is 26.3. The van der Waals surface area contributed by atoms with Crippen molar-refractivity contribution < 1.29 is 9.47 Å². The van der Waals surface area contributed by atoms with Gasteiger partial charge in [0.2, 0.25) is 0 Å². The molecule has 2 fully saturated rings. The number of fused-ring (bicyclic) bond motifs is 3. The summed E-state index contributed by atoms with van der Waals surface area (Å²) < 4.78 is 12.8. The van der Waals surface area contributed by atoms with Crippen molar-refractivity contribution in [3.63, 3.8) is 0 Å². The molecule has 4 aromatic carbocycles. The molecule has 0 N–H and O–H groups in total. The fourth-order valence-corrected chi connectivity index (χ4v) is 8.81. The average Bonchev–Trinajstić information content (AvgIpc) is 3.41. The van der Waals surface area contributed by atoms with Crippen LogP contribution in [0.25, 0.3) is 11.1 Å². The van der Waals surface area contributed by atoms with Crippen LogP contribution >= 0.6 is 25.3 Å². The van der Waals surface area contributed by atoms with Crippen molar-refractivity contribution in [2.75, 3.05) is 24.7 Å². The van der Waals surface area contributed by atoms with Crippen LogP contribution in [0.3, 0.4) is 0 Å². The maximum atomic E-state index is 6.39. The van der Waals surface area contributed by atoms with Crippen LogP contribution in [0.15, 0.2) is 84.9 Å². The van der Waals surface area contributed by atoms with Gasteiger partial charge in [0.25, 0.3) is 0 Å². The molecule has 7 rings (SSSR count). The second-order valence-electron chi connectivity index (χ2n) is 13.2. The predicted octanol–water partition coefficient (Wildman–Crippen LogP) is 10.8. The second-order valence-corrected chi connectivity index (χ2v) is 14.1. The standard InChI is InChI=1S/C41H46O2S2/c44-25-23-42-39-21-19-31(27-35(39)29-11-3-1-4-12-29)41(37-17-9-7-15-33(37)34-16-8-10-18-38(34)41)32-20-22-40(43-24-26-45)36(28-32)30-13-5-2-6-14-30/h7-10,15-22,27-30,44-45H,1-6,11-14,23-26H2. The smallest absolute Gasteiger partial charge is 0.122 e. The summed E-state index contributed by atoms with van der Waals surface area (Å²) in [5.74, 6) is 4.53. The van der Waals surface area contributed by atoms with Gasteiger partial charge < -0.3 is 9.47 Å². The molecule has 0 amide bonds. The lowest BCUT2D eigenvalue weighted by atomic mass is 9.66. The maximum absolute atomic E-state index is 6.39. The van der Waals surface area contributed by atoms with Crippen LogP contribution in [0.5, 0.6) is 11.5 Å². The molecule has 4 aromatic rings. The predicted molar refractivity (Wildman–Crippen MR) is 194 cm³/mol. The first kappa shape index (κ1) is 30.8. The Kier molecular flexibility index (Phi) is 9.51. The summed E-state index contributed by atoms with van der Waals surface area (Å²) in [5.41, 5.74) is 10.4. The van der Waals surface area contributed by atoms with Crippen molar-refractivity contribution in [1.82, 2.24) is 0 Å². The Morgan fingerprint density at radius 1 is 0.533 bits per heavy atom. The molecule has 3 aliphatic carbocycles. The number of hydrogen-bond donors (Lipinski definition) is 2. The average molecular weight is 635 g/mol. The molecule has 4 heteroatoms. The van der Waals surface area contributed by atoms with Gasteiger partial charge in [-0.1, -0.05) is 111 Å². The molecule has 0 heterocycles. The number of rotatable bonds is 10. The van der Waals surface area contributed by atoms with Crippen LogP contribution in [0.4, 0.5) is 0 Å². The largest absolute Gasteiger partial charge is 0.492 e. The lowest BCUT2D eigenvalue weighted by molar-refractivity contribution is 0.331. The first-order valence-electron chi connectivity index (χ1n) is 17.2. The van der Waals surface area contributed by atoms with E-state index in [1.54, 1.807) is 0 Å². The van der Waals surface area contributed by atoms with Crippen molar-refractivity contribution in [2.24, 2.45) is 0 Å². The highest BCUT2D eigenvalue weighted by Gasteiger charge is 2.46. The van der Waals surface area contributed by atoms with E-state index in [1.807, 2.05) is 0 Å². The molecule has 0 bridgehead atoms. The maximum Gasteiger partial charge on any atom is 0.122 e. The third-order valence-electron chi connectivity index (χ3n) is 10.6. The Hall–Kier alpha value is -2.82. The van der Waals surface area contributed by atoms with Gasteiger partial charge in [-0.2, -0.15) is 25.3 Å². The minimum absolute atomic E-state index is 0.440. The summed E-state index contributed by atoms with van der Waals surface area (Å²) in [7, 11) is 0. The van der Waals surface area contributed by atoms with Crippen molar-refractivity contribution in [3.8, 4) is 22.6 Å². The van der Waals surface area contributed by atoms with E-state index in [2.05, 4.69) is 110 Å². The normalized spacial score (nSPS) is 17.9. The molecule has 2 nitrogen and oxygen atoms in total. The number of hydrogen-bond acceptors (Lipinski definition) is 4. The quantitative estimate of drug-likeness (QED) is 0.149. The van der Waals surface area contributed by atoms with Gasteiger partial charge in [0, 0.05) is 11.5 Å². The topological polar surface area (TPSA) is 18.5 Å². The highest BCUT2D eigenvalue weighted by molar-refractivity contribution is 7.80. The first-order chi connectivity index (χ1) is 22.3. The number of benzene rings is 4. The third kappa shape index (κ3) is 5.71. The van der Waals surface area contributed by atoms with Gasteiger partial charge in [-0.3, -0.25) is 0 Å². The number of ether oxygens (including phenoxy) is 2. The molecule has 234 valence electrons. The molecule has 3 aliphatic rings. The van der Waals surface area contributed by atoms with E-state index in [4.69, 9.17) is 9.47 Å². The molecule has 0 aromatic heterocycles. The summed E-state index contributed by atoms with van der Waals surface area (Å²) in [6.45, 7) is 1.25. The fraction of sp³-hybridized carbons (Fsp3) is 0.415. The Morgan fingerprint density at radius 3 is 1.38 bits per heavy atom. The third-order valence-corrected chi connectivity index (χ3v) is 11.0. The molecular formula is C41H46O2S2. The lowest BCUT2D eigenvalue weighted by Crippen LogP contribution is -2.29. The van der Waals surface area contributed by atoms with Gasteiger partial charge in [0.1, 0.15) is 11.5 Å². The molecule has 0 spiro atoms. The Labute approximate surface area is 280 Å².